The van der Waals surface area contributed by atoms with Gasteiger partial charge < -0.3 is 15.0 Å². The molecule has 0 unspecified atom stereocenters. The van der Waals surface area contributed by atoms with Crippen LogP contribution in [0.4, 0.5) is 0 Å². The first-order valence-corrected chi connectivity index (χ1v) is 9.80. The SMILES string of the molecule is COC(=O)[C@]1(Cc2ccccc2)C[C@H]2[C@H](Cc3ccccc3)NC(=O)CN2C1=O. The molecule has 0 aromatic heterocycles. The standard InChI is InChI=1S/C23H24N2O4/c1-29-22(28)23(13-17-10-6-3-7-11-17)14-19-18(12-16-8-4-2-5-9-16)24-20(26)15-25(19)21(23)27/h2-11,18-19H,12-15H2,1H3,(H,24,26)/t18-,19-,23+/m0/s1. The van der Waals surface area contributed by atoms with Crippen molar-refractivity contribution in [3.63, 3.8) is 0 Å². The molecule has 2 saturated heterocycles. The molecular formula is C23H24N2O4. The van der Waals surface area contributed by atoms with Gasteiger partial charge in [-0.05, 0) is 30.4 Å². The maximum Gasteiger partial charge on any atom is 0.321 e. The first-order chi connectivity index (χ1) is 14.0. The summed E-state index contributed by atoms with van der Waals surface area (Å²) in [7, 11) is 1.31. The average molecular weight is 392 g/mol. The number of amides is 2. The summed E-state index contributed by atoms with van der Waals surface area (Å²) in [6.45, 7) is -0.0255. The smallest absolute Gasteiger partial charge is 0.321 e. The fraction of sp³-hybridized carbons (Fsp3) is 0.348. The molecule has 0 aliphatic carbocycles. The number of nitrogens with one attached hydrogen (secondary N) is 1. The Morgan fingerprint density at radius 1 is 1.07 bits per heavy atom. The van der Waals surface area contributed by atoms with Gasteiger partial charge in [-0.1, -0.05) is 60.7 Å². The van der Waals surface area contributed by atoms with E-state index >= 15 is 0 Å². The lowest BCUT2D eigenvalue weighted by Gasteiger charge is -2.36. The number of nitrogens with zero attached hydrogens (tertiary/aromatic N) is 1. The Hall–Kier alpha value is -3.15. The summed E-state index contributed by atoms with van der Waals surface area (Å²) >= 11 is 0. The van der Waals surface area contributed by atoms with E-state index in [4.69, 9.17) is 4.74 Å². The van der Waals surface area contributed by atoms with E-state index in [2.05, 4.69) is 5.32 Å². The van der Waals surface area contributed by atoms with Gasteiger partial charge in [0.25, 0.3) is 0 Å². The Labute approximate surface area is 169 Å². The molecule has 1 N–H and O–H groups in total. The van der Waals surface area contributed by atoms with Crippen LogP contribution in [-0.4, -0.2) is 48.4 Å². The predicted molar refractivity (Wildman–Crippen MR) is 107 cm³/mol. The van der Waals surface area contributed by atoms with E-state index in [9.17, 15) is 14.4 Å². The highest BCUT2D eigenvalue weighted by molar-refractivity contribution is 6.06. The minimum Gasteiger partial charge on any atom is -0.468 e. The molecule has 2 aromatic carbocycles. The van der Waals surface area contributed by atoms with Crippen molar-refractivity contribution in [1.82, 2.24) is 10.2 Å². The zero-order valence-electron chi connectivity index (χ0n) is 16.3. The minimum absolute atomic E-state index is 0.0255. The molecule has 6 heteroatoms. The summed E-state index contributed by atoms with van der Waals surface area (Å²) in [6.07, 6.45) is 1.19. The number of carbonyl (C=O) groups is 3. The van der Waals surface area contributed by atoms with Gasteiger partial charge >= 0.3 is 5.97 Å². The van der Waals surface area contributed by atoms with Gasteiger partial charge in [0.15, 0.2) is 5.41 Å². The number of hydrogen-bond donors (Lipinski definition) is 1. The largest absolute Gasteiger partial charge is 0.468 e. The predicted octanol–water partition coefficient (Wildman–Crippen LogP) is 1.73. The molecule has 2 amide bonds. The van der Waals surface area contributed by atoms with E-state index in [0.29, 0.717) is 12.8 Å². The number of rotatable bonds is 5. The van der Waals surface area contributed by atoms with Crippen LogP contribution >= 0.6 is 0 Å². The maximum atomic E-state index is 13.5. The normalized spacial score (nSPS) is 26.0. The van der Waals surface area contributed by atoms with Crippen molar-refractivity contribution in [1.29, 1.82) is 0 Å². The first kappa shape index (κ1) is 19.2. The molecule has 2 heterocycles. The first-order valence-electron chi connectivity index (χ1n) is 9.80. The number of benzene rings is 2. The molecule has 2 aliphatic rings. The fourth-order valence-electron chi connectivity index (χ4n) is 4.62. The second-order valence-corrected chi connectivity index (χ2v) is 7.80. The fourth-order valence-corrected chi connectivity index (χ4v) is 4.62. The van der Waals surface area contributed by atoms with Gasteiger partial charge in [-0.15, -0.1) is 0 Å². The van der Waals surface area contributed by atoms with Gasteiger partial charge in [0.2, 0.25) is 11.8 Å². The van der Waals surface area contributed by atoms with Gasteiger partial charge in [0.1, 0.15) is 0 Å². The lowest BCUT2D eigenvalue weighted by Crippen LogP contribution is -2.59. The average Bonchev–Trinajstić information content (AvgIpc) is 3.02. The number of ether oxygens (including phenoxy) is 1. The van der Waals surface area contributed by atoms with Crippen LogP contribution in [0.15, 0.2) is 60.7 Å². The Balaban J connectivity index is 1.67. The summed E-state index contributed by atoms with van der Waals surface area (Å²) < 4.78 is 5.07. The molecule has 0 bridgehead atoms. The molecule has 0 saturated carbocycles. The molecule has 2 aliphatic heterocycles. The third-order valence-corrected chi connectivity index (χ3v) is 5.98. The number of esters is 1. The van der Waals surface area contributed by atoms with Gasteiger partial charge in [-0.25, -0.2) is 0 Å². The monoisotopic (exact) mass is 392 g/mol. The summed E-state index contributed by atoms with van der Waals surface area (Å²) in [5.74, 6) is -1.05. The van der Waals surface area contributed by atoms with Crippen LogP contribution in [0.5, 0.6) is 0 Å². The number of piperazine rings is 1. The van der Waals surface area contributed by atoms with E-state index in [-0.39, 0.29) is 36.9 Å². The number of hydrogen-bond acceptors (Lipinski definition) is 4. The number of fused-ring (bicyclic) bond motifs is 1. The van der Waals surface area contributed by atoms with Gasteiger partial charge in [-0.3, -0.25) is 14.4 Å². The number of carbonyl (C=O) groups excluding carboxylic acids is 3. The molecule has 6 nitrogen and oxygen atoms in total. The van der Waals surface area contributed by atoms with E-state index in [1.54, 1.807) is 4.90 Å². The Bertz CT molecular complexity index is 915. The van der Waals surface area contributed by atoms with Crippen LogP contribution in [-0.2, 0) is 32.0 Å². The molecule has 4 rings (SSSR count). The second-order valence-electron chi connectivity index (χ2n) is 7.80. The van der Waals surface area contributed by atoms with E-state index in [1.807, 2.05) is 60.7 Å². The van der Waals surface area contributed by atoms with Crippen molar-refractivity contribution in [3.8, 4) is 0 Å². The maximum absolute atomic E-state index is 13.5. The number of methoxy groups -OCH3 is 1. The van der Waals surface area contributed by atoms with Crippen molar-refractivity contribution in [2.75, 3.05) is 13.7 Å². The Morgan fingerprint density at radius 2 is 1.69 bits per heavy atom. The summed E-state index contributed by atoms with van der Waals surface area (Å²) in [4.78, 5) is 40.2. The summed E-state index contributed by atoms with van der Waals surface area (Å²) in [6, 6.07) is 18.8. The highest BCUT2D eigenvalue weighted by Gasteiger charge is 2.60. The molecule has 150 valence electrons. The third kappa shape index (κ3) is 3.50. The highest BCUT2D eigenvalue weighted by Crippen LogP contribution is 2.42. The zero-order valence-corrected chi connectivity index (χ0v) is 16.3. The minimum atomic E-state index is -1.30. The lowest BCUT2D eigenvalue weighted by molar-refractivity contribution is -0.159. The second kappa shape index (κ2) is 7.70. The molecule has 29 heavy (non-hydrogen) atoms. The van der Waals surface area contributed by atoms with Crippen molar-refractivity contribution < 1.29 is 19.1 Å². The van der Waals surface area contributed by atoms with Crippen LogP contribution < -0.4 is 5.32 Å². The van der Waals surface area contributed by atoms with Crippen molar-refractivity contribution in [3.05, 3.63) is 71.8 Å². The molecule has 0 radical (unpaired) electrons. The quantitative estimate of drug-likeness (QED) is 0.621. The van der Waals surface area contributed by atoms with Gasteiger partial charge in [0.05, 0.1) is 25.7 Å². The molecule has 3 atom stereocenters. The van der Waals surface area contributed by atoms with E-state index < -0.39 is 11.4 Å². The topological polar surface area (TPSA) is 75.7 Å². The van der Waals surface area contributed by atoms with Crippen LogP contribution in [0, 0.1) is 5.41 Å². The third-order valence-electron chi connectivity index (χ3n) is 5.98. The van der Waals surface area contributed by atoms with Gasteiger partial charge in [-0.2, -0.15) is 0 Å². The molecular weight excluding hydrogens is 368 g/mol. The van der Waals surface area contributed by atoms with Gasteiger partial charge in [0, 0.05) is 0 Å². The summed E-state index contributed by atoms with van der Waals surface area (Å²) in [5, 5.41) is 3.03. The van der Waals surface area contributed by atoms with Crippen LogP contribution in [0.2, 0.25) is 0 Å². The Kier molecular flexibility index (Phi) is 5.09. The van der Waals surface area contributed by atoms with Crippen molar-refractivity contribution in [2.24, 2.45) is 5.41 Å². The highest BCUT2D eigenvalue weighted by atomic mass is 16.5. The van der Waals surface area contributed by atoms with Crippen LogP contribution in [0.3, 0.4) is 0 Å². The zero-order chi connectivity index (χ0) is 20.4. The van der Waals surface area contributed by atoms with E-state index in [1.165, 1.54) is 7.11 Å². The molecule has 2 aromatic rings. The van der Waals surface area contributed by atoms with Crippen LogP contribution in [0.1, 0.15) is 17.5 Å². The lowest BCUT2D eigenvalue weighted by atomic mass is 9.77. The van der Waals surface area contributed by atoms with Crippen LogP contribution in [0.25, 0.3) is 0 Å². The summed E-state index contributed by atoms with van der Waals surface area (Å²) in [5.41, 5.74) is 0.665. The molecule has 0 spiro atoms. The van der Waals surface area contributed by atoms with Crippen molar-refractivity contribution in [2.45, 2.75) is 31.3 Å². The van der Waals surface area contributed by atoms with Crippen molar-refractivity contribution >= 4 is 17.8 Å². The molecule has 2 fully saturated rings. The Morgan fingerprint density at radius 3 is 2.31 bits per heavy atom. The van der Waals surface area contributed by atoms with E-state index in [0.717, 1.165) is 11.1 Å².